The summed E-state index contributed by atoms with van der Waals surface area (Å²) in [6.07, 6.45) is 1.90. The monoisotopic (exact) mass is 454 g/mol. The van der Waals surface area contributed by atoms with E-state index in [1.54, 1.807) is 24.3 Å². The molecule has 27 heavy (non-hydrogen) atoms. The van der Waals surface area contributed by atoms with Gasteiger partial charge in [-0.25, -0.2) is 12.7 Å². The van der Waals surface area contributed by atoms with E-state index in [0.29, 0.717) is 23.6 Å². The zero-order valence-electron chi connectivity index (χ0n) is 15.5. The molecule has 146 valence electrons. The maximum atomic E-state index is 12.7. The first-order chi connectivity index (χ1) is 12.8. The fourth-order valence-corrected chi connectivity index (χ4v) is 3.51. The quantitative estimate of drug-likeness (QED) is 0.608. The van der Waals surface area contributed by atoms with E-state index in [-0.39, 0.29) is 10.8 Å². The molecule has 0 aliphatic heterocycles. The van der Waals surface area contributed by atoms with Crippen LogP contribution in [-0.2, 0) is 10.0 Å². The van der Waals surface area contributed by atoms with Crippen LogP contribution in [0.2, 0.25) is 0 Å². The van der Waals surface area contributed by atoms with Crippen LogP contribution in [0.1, 0.15) is 30.1 Å². The minimum absolute atomic E-state index is 0.163. The van der Waals surface area contributed by atoms with Crippen molar-refractivity contribution < 1.29 is 17.9 Å². The van der Waals surface area contributed by atoms with E-state index >= 15 is 0 Å². The Morgan fingerprint density at radius 2 is 1.81 bits per heavy atom. The third kappa shape index (κ3) is 5.54. The molecule has 0 unspecified atom stereocenters. The van der Waals surface area contributed by atoms with Crippen molar-refractivity contribution >= 4 is 37.5 Å². The summed E-state index contributed by atoms with van der Waals surface area (Å²) in [4.78, 5) is 12.8. The van der Waals surface area contributed by atoms with Gasteiger partial charge in [-0.3, -0.25) is 4.79 Å². The van der Waals surface area contributed by atoms with Gasteiger partial charge in [-0.1, -0.05) is 29.3 Å². The number of anilines is 1. The van der Waals surface area contributed by atoms with E-state index < -0.39 is 10.0 Å². The zero-order chi connectivity index (χ0) is 20.0. The summed E-state index contributed by atoms with van der Waals surface area (Å²) in [6, 6.07) is 11.3. The number of benzene rings is 2. The highest BCUT2D eigenvalue weighted by atomic mass is 79.9. The first-order valence-corrected chi connectivity index (χ1v) is 10.7. The van der Waals surface area contributed by atoms with Crippen molar-refractivity contribution in [3.8, 4) is 5.75 Å². The Labute approximate surface area is 168 Å². The van der Waals surface area contributed by atoms with E-state index in [0.717, 1.165) is 21.6 Å². The molecule has 1 amide bonds. The smallest absolute Gasteiger partial charge is 0.259 e. The molecule has 2 rings (SSSR count). The van der Waals surface area contributed by atoms with Crippen LogP contribution in [0.3, 0.4) is 0 Å². The molecule has 0 aromatic heterocycles. The van der Waals surface area contributed by atoms with Crippen LogP contribution in [0.5, 0.6) is 5.75 Å². The Morgan fingerprint density at radius 1 is 1.15 bits per heavy atom. The molecule has 0 saturated carbocycles. The van der Waals surface area contributed by atoms with E-state index in [4.69, 9.17) is 4.74 Å². The average molecular weight is 455 g/mol. The maximum absolute atomic E-state index is 12.7. The molecule has 0 radical (unpaired) electrons. The summed E-state index contributed by atoms with van der Waals surface area (Å²) >= 11 is 3.37. The Balaban J connectivity index is 2.19. The first kappa shape index (κ1) is 21.4. The minimum atomic E-state index is -3.51. The molecule has 0 saturated heterocycles. The molecule has 1 N–H and O–H groups in total. The Kier molecular flexibility index (Phi) is 7.41. The van der Waals surface area contributed by atoms with Crippen LogP contribution in [-0.4, -0.2) is 39.3 Å². The van der Waals surface area contributed by atoms with Crippen molar-refractivity contribution in [1.29, 1.82) is 0 Å². The van der Waals surface area contributed by atoms with Gasteiger partial charge in [0.2, 0.25) is 10.0 Å². The van der Waals surface area contributed by atoms with Crippen molar-refractivity contribution in [2.75, 3.05) is 26.0 Å². The molecular weight excluding hydrogens is 432 g/mol. The van der Waals surface area contributed by atoms with E-state index in [9.17, 15) is 13.2 Å². The number of nitrogens with one attached hydrogen (secondary N) is 1. The lowest BCUT2D eigenvalue weighted by Gasteiger charge is -2.13. The van der Waals surface area contributed by atoms with Crippen molar-refractivity contribution in [3.05, 3.63) is 52.5 Å². The lowest BCUT2D eigenvalue weighted by molar-refractivity contribution is 0.102. The number of amides is 1. The fourth-order valence-electron chi connectivity index (χ4n) is 2.25. The molecule has 0 bridgehead atoms. The van der Waals surface area contributed by atoms with Crippen molar-refractivity contribution in [2.45, 2.75) is 24.7 Å². The number of hydrogen-bond acceptors (Lipinski definition) is 4. The average Bonchev–Trinajstić information content (AvgIpc) is 2.63. The van der Waals surface area contributed by atoms with Crippen LogP contribution < -0.4 is 10.1 Å². The molecule has 0 aliphatic rings. The molecule has 2 aromatic rings. The number of hydrogen-bond donors (Lipinski definition) is 1. The second-order valence-electron chi connectivity index (χ2n) is 6.11. The number of unbranched alkanes of at least 4 members (excludes halogenated alkanes) is 1. The third-order valence-electron chi connectivity index (χ3n) is 3.83. The highest BCUT2D eigenvalue weighted by Gasteiger charge is 2.18. The van der Waals surface area contributed by atoms with Crippen LogP contribution >= 0.6 is 15.9 Å². The summed E-state index contributed by atoms with van der Waals surface area (Å²) in [5.41, 5.74) is 0.905. The molecule has 0 aliphatic carbocycles. The molecular formula is C19H23BrN2O4S. The first-order valence-electron chi connectivity index (χ1n) is 8.52. The van der Waals surface area contributed by atoms with Gasteiger partial charge in [0.1, 0.15) is 5.75 Å². The number of carbonyl (C=O) groups excluding carboxylic acids is 1. The van der Waals surface area contributed by atoms with Crippen molar-refractivity contribution in [1.82, 2.24) is 4.31 Å². The summed E-state index contributed by atoms with van der Waals surface area (Å²) in [6.45, 7) is 2.61. The largest absolute Gasteiger partial charge is 0.493 e. The van der Waals surface area contributed by atoms with Gasteiger partial charge in [0.05, 0.1) is 17.1 Å². The Hall–Kier alpha value is -1.90. The zero-order valence-corrected chi connectivity index (χ0v) is 17.9. The highest BCUT2D eigenvalue weighted by molar-refractivity contribution is 9.10. The summed E-state index contributed by atoms with van der Waals surface area (Å²) in [5.74, 6) is 0.182. The molecule has 2 aromatic carbocycles. The van der Waals surface area contributed by atoms with Gasteiger partial charge in [0.15, 0.2) is 0 Å². The van der Waals surface area contributed by atoms with Crippen LogP contribution in [0.4, 0.5) is 5.69 Å². The van der Waals surface area contributed by atoms with Crippen LogP contribution in [0, 0.1) is 0 Å². The topological polar surface area (TPSA) is 75.7 Å². The highest BCUT2D eigenvalue weighted by Crippen LogP contribution is 2.25. The second-order valence-corrected chi connectivity index (χ2v) is 9.18. The lowest BCUT2D eigenvalue weighted by Crippen LogP contribution is -2.22. The van der Waals surface area contributed by atoms with E-state index in [1.165, 1.54) is 26.2 Å². The standard InChI is InChI=1S/C19H23BrN2O4S/c1-4-5-12-26-18-11-6-14(20)13-17(18)19(23)21-15-7-9-16(10-8-15)27(24,25)22(2)3/h6-11,13H,4-5,12H2,1-3H3,(H,21,23). The van der Waals surface area contributed by atoms with Gasteiger partial charge in [0.25, 0.3) is 5.91 Å². The second kappa shape index (κ2) is 9.34. The lowest BCUT2D eigenvalue weighted by atomic mass is 10.2. The molecule has 0 spiro atoms. The molecule has 0 heterocycles. The van der Waals surface area contributed by atoms with Gasteiger partial charge < -0.3 is 10.1 Å². The maximum Gasteiger partial charge on any atom is 0.259 e. The molecule has 0 fully saturated rings. The number of ether oxygens (including phenoxy) is 1. The number of sulfonamides is 1. The number of nitrogens with zero attached hydrogens (tertiary/aromatic N) is 1. The summed E-state index contributed by atoms with van der Waals surface area (Å²) < 4.78 is 31.8. The van der Waals surface area contributed by atoms with E-state index in [2.05, 4.69) is 28.2 Å². The van der Waals surface area contributed by atoms with E-state index in [1.807, 2.05) is 6.07 Å². The van der Waals surface area contributed by atoms with Crippen molar-refractivity contribution in [2.24, 2.45) is 0 Å². The normalized spacial score (nSPS) is 11.4. The summed E-state index contributed by atoms with van der Waals surface area (Å²) in [7, 11) is -0.564. The third-order valence-corrected chi connectivity index (χ3v) is 6.16. The Bertz CT molecular complexity index is 896. The predicted octanol–water partition coefficient (Wildman–Crippen LogP) is 4.13. The summed E-state index contributed by atoms with van der Waals surface area (Å²) in [5, 5.41) is 2.78. The predicted molar refractivity (Wildman–Crippen MR) is 110 cm³/mol. The fraction of sp³-hybridized carbons (Fsp3) is 0.316. The van der Waals surface area contributed by atoms with Gasteiger partial charge in [-0.15, -0.1) is 0 Å². The number of rotatable bonds is 8. The number of halogens is 1. The van der Waals surface area contributed by atoms with Crippen LogP contribution in [0.25, 0.3) is 0 Å². The SMILES string of the molecule is CCCCOc1ccc(Br)cc1C(=O)Nc1ccc(S(=O)(=O)N(C)C)cc1. The van der Waals surface area contributed by atoms with Gasteiger partial charge in [-0.05, 0) is 48.9 Å². The van der Waals surface area contributed by atoms with Gasteiger partial charge >= 0.3 is 0 Å². The van der Waals surface area contributed by atoms with Crippen LogP contribution in [0.15, 0.2) is 51.8 Å². The minimum Gasteiger partial charge on any atom is -0.493 e. The molecule has 0 atom stereocenters. The van der Waals surface area contributed by atoms with Gasteiger partial charge in [0, 0.05) is 24.3 Å². The Morgan fingerprint density at radius 3 is 2.41 bits per heavy atom. The van der Waals surface area contributed by atoms with Crippen molar-refractivity contribution in [3.63, 3.8) is 0 Å². The van der Waals surface area contributed by atoms with Gasteiger partial charge in [-0.2, -0.15) is 0 Å². The molecule has 8 heteroatoms. The number of carbonyl (C=O) groups is 1. The molecule has 6 nitrogen and oxygen atoms in total.